The second kappa shape index (κ2) is 6.45. The van der Waals surface area contributed by atoms with Gasteiger partial charge in [0.2, 0.25) is 0 Å². The van der Waals surface area contributed by atoms with Gasteiger partial charge in [0.05, 0.1) is 0 Å². The van der Waals surface area contributed by atoms with Crippen LogP contribution in [0.15, 0.2) is 49.1 Å². The standard InChI is InChI=1S/C18H18O4/c1-3-4-12-5-7-16(20)14(9-12)15-10-13(6-8-17(15)21)18(22)11(2)19/h3,5-11,19-21H,1,4H2,2H3. The largest absolute Gasteiger partial charge is 0.507 e. The summed E-state index contributed by atoms with van der Waals surface area (Å²) in [6.45, 7) is 5.06. The number of aromatic hydroxyl groups is 2. The van der Waals surface area contributed by atoms with Crippen molar-refractivity contribution in [3.05, 3.63) is 60.2 Å². The van der Waals surface area contributed by atoms with E-state index in [1.165, 1.54) is 31.2 Å². The van der Waals surface area contributed by atoms with Crippen molar-refractivity contribution in [2.75, 3.05) is 0 Å². The fraction of sp³-hybridized carbons (Fsp3) is 0.167. The van der Waals surface area contributed by atoms with Crippen molar-refractivity contribution in [1.29, 1.82) is 0 Å². The fourth-order valence-electron chi connectivity index (χ4n) is 2.24. The van der Waals surface area contributed by atoms with E-state index in [1.54, 1.807) is 18.2 Å². The zero-order valence-electron chi connectivity index (χ0n) is 12.3. The number of hydrogen-bond acceptors (Lipinski definition) is 4. The summed E-state index contributed by atoms with van der Waals surface area (Å²) >= 11 is 0. The molecule has 0 radical (unpaired) electrons. The summed E-state index contributed by atoms with van der Waals surface area (Å²) < 4.78 is 0. The Morgan fingerprint density at radius 2 is 1.73 bits per heavy atom. The van der Waals surface area contributed by atoms with E-state index in [9.17, 15) is 20.1 Å². The molecule has 2 aromatic rings. The summed E-state index contributed by atoms with van der Waals surface area (Å²) in [5.41, 5.74) is 1.97. The maximum atomic E-state index is 11.9. The first-order valence-electron chi connectivity index (χ1n) is 6.92. The first-order chi connectivity index (χ1) is 10.4. The molecule has 22 heavy (non-hydrogen) atoms. The number of ketones is 1. The molecule has 1 unspecified atom stereocenters. The Morgan fingerprint density at radius 1 is 1.14 bits per heavy atom. The molecule has 0 heterocycles. The second-order valence-corrected chi connectivity index (χ2v) is 5.12. The number of aliphatic hydroxyl groups excluding tert-OH is 1. The fourth-order valence-corrected chi connectivity index (χ4v) is 2.24. The van der Waals surface area contributed by atoms with Gasteiger partial charge in [-0.1, -0.05) is 12.1 Å². The van der Waals surface area contributed by atoms with Gasteiger partial charge in [0, 0.05) is 16.7 Å². The first kappa shape index (κ1) is 15.8. The summed E-state index contributed by atoms with van der Waals surface area (Å²) in [5, 5.41) is 29.5. The third-order valence-electron chi connectivity index (χ3n) is 3.39. The number of Topliss-reactive ketones (excluding diaryl/α,β-unsaturated/α-hetero) is 1. The van der Waals surface area contributed by atoms with Crippen LogP contribution in [0.5, 0.6) is 11.5 Å². The number of benzene rings is 2. The van der Waals surface area contributed by atoms with E-state index in [0.29, 0.717) is 17.5 Å². The van der Waals surface area contributed by atoms with Crippen LogP contribution in [-0.4, -0.2) is 27.2 Å². The molecule has 0 spiro atoms. The Balaban J connectivity index is 2.56. The van der Waals surface area contributed by atoms with E-state index in [4.69, 9.17) is 0 Å². The third-order valence-corrected chi connectivity index (χ3v) is 3.39. The minimum atomic E-state index is -1.13. The monoisotopic (exact) mass is 298 g/mol. The van der Waals surface area contributed by atoms with Gasteiger partial charge in [0.15, 0.2) is 5.78 Å². The van der Waals surface area contributed by atoms with Crippen molar-refractivity contribution in [2.45, 2.75) is 19.4 Å². The number of phenolic OH excluding ortho intramolecular Hbond substituents is 2. The third kappa shape index (κ3) is 3.18. The zero-order valence-corrected chi connectivity index (χ0v) is 12.3. The van der Waals surface area contributed by atoms with E-state index < -0.39 is 11.9 Å². The predicted molar refractivity (Wildman–Crippen MR) is 85.1 cm³/mol. The first-order valence-corrected chi connectivity index (χ1v) is 6.92. The van der Waals surface area contributed by atoms with Crippen LogP contribution in [0.2, 0.25) is 0 Å². The van der Waals surface area contributed by atoms with E-state index in [2.05, 4.69) is 6.58 Å². The quantitative estimate of drug-likeness (QED) is 0.585. The highest BCUT2D eigenvalue weighted by Crippen LogP contribution is 2.36. The summed E-state index contributed by atoms with van der Waals surface area (Å²) in [6, 6.07) is 9.34. The maximum Gasteiger partial charge on any atom is 0.190 e. The lowest BCUT2D eigenvalue weighted by molar-refractivity contribution is 0.0779. The van der Waals surface area contributed by atoms with Crippen LogP contribution >= 0.6 is 0 Å². The van der Waals surface area contributed by atoms with Crippen molar-refractivity contribution in [3.8, 4) is 22.6 Å². The second-order valence-electron chi connectivity index (χ2n) is 5.12. The number of allylic oxidation sites excluding steroid dienone is 1. The number of aliphatic hydroxyl groups is 1. The van der Waals surface area contributed by atoms with Gasteiger partial charge in [-0.2, -0.15) is 0 Å². The number of phenols is 2. The van der Waals surface area contributed by atoms with Crippen molar-refractivity contribution < 1.29 is 20.1 Å². The van der Waals surface area contributed by atoms with Gasteiger partial charge in [-0.3, -0.25) is 4.79 Å². The molecule has 1 atom stereocenters. The molecular weight excluding hydrogens is 280 g/mol. The van der Waals surface area contributed by atoms with Gasteiger partial charge in [-0.25, -0.2) is 0 Å². The Hall–Kier alpha value is -2.59. The molecule has 2 aromatic carbocycles. The van der Waals surface area contributed by atoms with Crippen molar-refractivity contribution in [1.82, 2.24) is 0 Å². The number of carbonyl (C=O) groups is 1. The molecule has 0 fully saturated rings. The van der Waals surface area contributed by atoms with E-state index >= 15 is 0 Å². The van der Waals surface area contributed by atoms with Crippen LogP contribution in [-0.2, 0) is 6.42 Å². The lowest BCUT2D eigenvalue weighted by Crippen LogP contribution is -2.15. The highest BCUT2D eigenvalue weighted by molar-refractivity contribution is 6.00. The summed E-state index contributed by atoms with van der Waals surface area (Å²) in [7, 11) is 0. The maximum absolute atomic E-state index is 11.9. The Morgan fingerprint density at radius 3 is 2.32 bits per heavy atom. The molecule has 0 aliphatic rings. The molecule has 0 aliphatic carbocycles. The molecular formula is C18H18O4. The predicted octanol–water partition coefficient (Wildman–Crippen LogP) is 3.06. The SMILES string of the molecule is C=CCc1ccc(O)c(-c2cc(C(=O)C(C)O)ccc2O)c1. The smallest absolute Gasteiger partial charge is 0.190 e. The summed E-state index contributed by atoms with van der Waals surface area (Å²) in [6.07, 6.45) is 1.24. The number of carbonyl (C=O) groups excluding carboxylic acids is 1. The topological polar surface area (TPSA) is 77.8 Å². The lowest BCUT2D eigenvalue weighted by atomic mass is 9.96. The van der Waals surface area contributed by atoms with E-state index in [1.807, 2.05) is 0 Å². The molecule has 3 N–H and O–H groups in total. The van der Waals surface area contributed by atoms with Crippen LogP contribution in [0.3, 0.4) is 0 Å². The molecule has 0 saturated heterocycles. The average molecular weight is 298 g/mol. The van der Waals surface area contributed by atoms with Crippen molar-refractivity contribution in [2.24, 2.45) is 0 Å². The van der Waals surface area contributed by atoms with Gasteiger partial charge in [-0.05, 0) is 49.2 Å². The Bertz CT molecular complexity index is 717. The molecule has 0 aliphatic heterocycles. The van der Waals surface area contributed by atoms with Gasteiger partial charge in [0.25, 0.3) is 0 Å². The summed E-state index contributed by atoms with van der Waals surface area (Å²) in [5.74, 6) is -0.485. The number of rotatable bonds is 5. The van der Waals surface area contributed by atoms with Crippen LogP contribution in [0.1, 0.15) is 22.8 Å². The molecule has 0 amide bonds. The van der Waals surface area contributed by atoms with Crippen LogP contribution < -0.4 is 0 Å². The number of hydrogen-bond donors (Lipinski definition) is 3. The average Bonchev–Trinajstić information content (AvgIpc) is 2.49. The highest BCUT2D eigenvalue weighted by atomic mass is 16.3. The molecule has 4 nitrogen and oxygen atoms in total. The Labute approximate surface area is 129 Å². The van der Waals surface area contributed by atoms with Crippen LogP contribution in [0, 0.1) is 0 Å². The Kier molecular flexibility index (Phi) is 4.63. The lowest BCUT2D eigenvalue weighted by Gasteiger charge is -2.11. The van der Waals surface area contributed by atoms with E-state index in [0.717, 1.165) is 5.56 Å². The minimum absolute atomic E-state index is 0.00441. The molecule has 0 aromatic heterocycles. The molecule has 114 valence electrons. The molecule has 4 heteroatoms. The minimum Gasteiger partial charge on any atom is -0.507 e. The van der Waals surface area contributed by atoms with Gasteiger partial charge in [0.1, 0.15) is 17.6 Å². The van der Waals surface area contributed by atoms with Crippen LogP contribution in [0.25, 0.3) is 11.1 Å². The highest BCUT2D eigenvalue weighted by Gasteiger charge is 2.16. The van der Waals surface area contributed by atoms with Gasteiger partial charge in [-0.15, -0.1) is 6.58 Å². The van der Waals surface area contributed by atoms with Gasteiger partial charge < -0.3 is 15.3 Å². The normalized spacial score (nSPS) is 11.9. The van der Waals surface area contributed by atoms with Crippen LogP contribution in [0.4, 0.5) is 0 Å². The van der Waals surface area contributed by atoms with Crippen molar-refractivity contribution >= 4 is 5.78 Å². The molecule has 2 rings (SSSR count). The summed E-state index contributed by atoms with van der Waals surface area (Å²) in [4.78, 5) is 11.9. The van der Waals surface area contributed by atoms with Gasteiger partial charge >= 0.3 is 0 Å². The molecule has 0 bridgehead atoms. The molecule has 0 saturated carbocycles. The van der Waals surface area contributed by atoms with E-state index in [-0.39, 0.29) is 17.1 Å². The van der Waals surface area contributed by atoms with Crippen molar-refractivity contribution in [3.63, 3.8) is 0 Å². The zero-order chi connectivity index (χ0) is 16.3.